The molecule has 1 aliphatic rings. The summed E-state index contributed by atoms with van der Waals surface area (Å²) in [5, 5.41) is 3.62. The third kappa shape index (κ3) is 3.18. The molecule has 1 N–H and O–H groups in total. The monoisotopic (exact) mass is 339 g/mol. The second-order valence-corrected chi connectivity index (χ2v) is 5.57. The van der Waals surface area contributed by atoms with E-state index in [1.165, 1.54) is 0 Å². The largest absolute Gasteiger partial charge is 0.463 e. The molecule has 0 aromatic heterocycles. The molecule has 2 rings (SSSR count). The Balaban J connectivity index is 2.58. The molecule has 1 atom stereocenters. The van der Waals surface area contributed by atoms with Gasteiger partial charge in [-0.05, 0) is 31.5 Å². The summed E-state index contributed by atoms with van der Waals surface area (Å²) in [7, 11) is 0. The number of carbonyl (C=O) groups excluding carboxylic acids is 2. The zero-order valence-electron chi connectivity index (χ0n) is 12.2. The molecule has 4 nitrogen and oxygen atoms in total. The smallest absolute Gasteiger partial charge is 0.336 e. The Kier molecular flexibility index (Phi) is 5.27. The van der Waals surface area contributed by atoms with E-state index in [1.54, 1.807) is 38.1 Å². The van der Waals surface area contributed by atoms with Crippen LogP contribution in [0.4, 0.5) is 0 Å². The number of ether oxygens (including phenoxy) is 1. The van der Waals surface area contributed by atoms with Crippen LogP contribution in [0.25, 0.3) is 0 Å². The molecular weight excluding hydrogens is 325 g/mol. The summed E-state index contributed by atoms with van der Waals surface area (Å²) in [6.07, 6.45) is 0.653. The molecule has 1 aromatic rings. The van der Waals surface area contributed by atoms with Crippen LogP contribution in [-0.4, -0.2) is 18.9 Å². The molecule has 0 spiro atoms. The van der Waals surface area contributed by atoms with Crippen LogP contribution in [0.15, 0.2) is 46.3 Å². The number of hydrogen-bond donors (Lipinski definition) is 1. The molecule has 22 heavy (non-hydrogen) atoms. The van der Waals surface area contributed by atoms with E-state index in [9.17, 15) is 9.59 Å². The quantitative estimate of drug-likeness (QED) is 0.518. The molecule has 0 unspecified atom stereocenters. The average Bonchev–Trinajstić information content (AvgIpc) is 2.47. The molecule has 0 aliphatic carbocycles. The topological polar surface area (TPSA) is 55.4 Å². The Labute approximate surface area is 138 Å². The molecule has 0 amide bonds. The van der Waals surface area contributed by atoms with E-state index in [-0.39, 0.29) is 17.3 Å². The van der Waals surface area contributed by atoms with Crippen molar-refractivity contribution in [3.8, 4) is 0 Å². The van der Waals surface area contributed by atoms with Gasteiger partial charge in [-0.1, -0.05) is 35.3 Å². The first kappa shape index (κ1) is 16.6. The van der Waals surface area contributed by atoms with Crippen LogP contribution in [0, 0.1) is 0 Å². The van der Waals surface area contributed by atoms with Gasteiger partial charge in [-0.25, -0.2) is 4.79 Å². The number of dihydropyridines is 1. The summed E-state index contributed by atoms with van der Waals surface area (Å²) in [5.41, 5.74) is 1.97. The van der Waals surface area contributed by atoms with Crippen molar-refractivity contribution in [2.24, 2.45) is 0 Å². The fourth-order valence-corrected chi connectivity index (χ4v) is 2.83. The fraction of sp³-hybridized carbons (Fsp3) is 0.250. The number of nitrogens with one attached hydrogen (secondary N) is 1. The molecule has 0 saturated carbocycles. The van der Waals surface area contributed by atoms with E-state index in [0.717, 1.165) is 5.56 Å². The third-order valence-corrected chi connectivity index (χ3v) is 3.94. The number of allylic oxidation sites excluding steroid dienone is 2. The Bertz CT molecular complexity index is 662. The van der Waals surface area contributed by atoms with Crippen molar-refractivity contribution in [3.05, 3.63) is 56.9 Å². The van der Waals surface area contributed by atoms with Gasteiger partial charge in [0.05, 0.1) is 12.2 Å². The highest BCUT2D eigenvalue weighted by atomic mass is 35.5. The predicted octanol–water partition coefficient (Wildman–Crippen LogP) is 3.51. The summed E-state index contributed by atoms with van der Waals surface area (Å²) >= 11 is 12.0. The van der Waals surface area contributed by atoms with E-state index in [2.05, 4.69) is 5.32 Å². The number of esters is 1. The summed E-state index contributed by atoms with van der Waals surface area (Å²) in [6, 6.07) is 6.93. The molecule has 0 saturated heterocycles. The second-order valence-electron chi connectivity index (χ2n) is 4.76. The standard InChI is InChI=1S/C16H15Cl2NO3/c1-3-22-16(21)13-9(2)19-15(18)12(8-20)14(13)10-4-6-11(17)7-5-10/h4-8,14,19H,3H2,1-2H3/t14-/m1/s1. The summed E-state index contributed by atoms with van der Waals surface area (Å²) in [5.74, 6) is -1.06. The molecule has 0 radical (unpaired) electrons. The maximum Gasteiger partial charge on any atom is 0.336 e. The van der Waals surface area contributed by atoms with Crippen molar-refractivity contribution < 1.29 is 14.3 Å². The molecule has 116 valence electrons. The number of aldehydes is 1. The summed E-state index contributed by atoms with van der Waals surface area (Å²) in [4.78, 5) is 23.8. The minimum atomic E-state index is -0.581. The zero-order chi connectivity index (χ0) is 16.3. The predicted molar refractivity (Wildman–Crippen MR) is 85.6 cm³/mol. The van der Waals surface area contributed by atoms with Gasteiger partial charge in [-0.3, -0.25) is 4.79 Å². The van der Waals surface area contributed by atoms with Crippen LogP contribution in [-0.2, 0) is 14.3 Å². The van der Waals surface area contributed by atoms with Crippen LogP contribution in [0.3, 0.4) is 0 Å². The summed E-state index contributed by atoms with van der Waals surface area (Å²) in [6.45, 7) is 3.70. The van der Waals surface area contributed by atoms with Gasteiger partial charge >= 0.3 is 5.97 Å². The molecular formula is C16H15Cl2NO3. The van der Waals surface area contributed by atoms with Crippen LogP contribution < -0.4 is 5.32 Å². The number of benzene rings is 1. The maximum absolute atomic E-state index is 12.3. The number of carbonyl (C=O) groups is 2. The van der Waals surface area contributed by atoms with Gasteiger partial charge in [0.15, 0.2) is 0 Å². The Morgan fingerprint density at radius 3 is 2.50 bits per heavy atom. The fourth-order valence-electron chi connectivity index (χ4n) is 2.40. The molecule has 6 heteroatoms. The lowest BCUT2D eigenvalue weighted by molar-refractivity contribution is -0.138. The van der Waals surface area contributed by atoms with Crippen molar-refractivity contribution >= 4 is 35.5 Å². The van der Waals surface area contributed by atoms with Gasteiger partial charge in [0.2, 0.25) is 0 Å². The highest BCUT2D eigenvalue weighted by molar-refractivity contribution is 6.31. The van der Waals surface area contributed by atoms with Gasteiger partial charge < -0.3 is 10.1 Å². The number of hydrogen-bond acceptors (Lipinski definition) is 4. The Hall–Kier alpha value is -1.78. The lowest BCUT2D eigenvalue weighted by Gasteiger charge is -2.28. The molecule has 0 bridgehead atoms. The van der Waals surface area contributed by atoms with Gasteiger partial charge in [0.1, 0.15) is 11.4 Å². The first-order valence-electron chi connectivity index (χ1n) is 6.74. The molecule has 1 heterocycles. The SMILES string of the molecule is CCOC(=O)C1=C(C)NC(Cl)=C(C=O)[C@H]1c1ccc(Cl)cc1. The van der Waals surface area contributed by atoms with Crippen molar-refractivity contribution in [2.75, 3.05) is 6.61 Å². The first-order valence-corrected chi connectivity index (χ1v) is 7.50. The maximum atomic E-state index is 12.3. The van der Waals surface area contributed by atoms with E-state index < -0.39 is 11.9 Å². The zero-order valence-corrected chi connectivity index (χ0v) is 13.7. The lowest BCUT2D eigenvalue weighted by atomic mass is 9.82. The summed E-state index contributed by atoms with van der Waals surface area (Å²) < 4.78 is 5.11. The second kappa shape index (κ2) is 6.99. The van der Waals surface area contributed by atoms with Crippen molar-refractivity contribution in [1.29, 1.82) is 0 Å². The van der Waals surface area contributed by atoms with Crippen LogP contribution in [0.1, 0.15) is 25.3 Å². The van der Waals surface area contributed by atoms with Crippen molar-refractivity contribution in [1.82, 2.24) is 5.32 Å². The molecule has 1 aromatic carbocycles. The van der Waals surface area contributed by atoms with Gasteiger partial charge in [0.25, 0.3) is 0 Å². The Morgan fingerprint density at radius 2 is 1.95 bits per heavy atom. The van der Waals surface area contributed by atoms with Gasteiger partial charge in [-0.15, -0.1) is 0 Å². The molecule has 0 fully saturated rings. The van der Waals surface area contributed by atoms with E-state index in [1.807, 2.05) is 0 Å². The van der Waals surface area contributed by atoms with Crippen LogP contribution in [0.5, 0.6) is 0 Å². The van der Waals surface area contributed by atoms with Crippen molar-refractivity contribution in [3.63, 3.8) is 0 Å². The number of rotatable bonds is 4. The first-order chi connectivity index (χ1) is 10.5. The number of halogens is 2. The lowest BCUT2D eigenvalue weighted by Crippen LogP contribution is -2.29. The van der Waals surface area contributed by atoms with Gasteiger partial charge in [0, 0.05) is 22.2 Å². The van der Waals surface area contributed by atoms with Crippen molar-refractivity contribution in [2.45, 2.75) is 19.8 Å². The Morgan fingerprint density at radius 1 is 1.32 bits per heavy atom. The van der Waals surface area contributed by atoms with Crippen LogP contribution >= 0.6 is 23.2 Å². The highest BCUT2D eigenvalue weighted by Crippen LogP contribution is 2.38. The van der Waals surface area contributed by atoms with E-state index in [0.29, 0.717) is 22.6 Å². The minimum absolute atomic E-state index is 0.209. The van der Waals surface area contributed by atoms with E-state index >= 15 is 0 Å². The van der Waals surface area contributed by atoms with E-state index in [4.69, 9.17) is 27.9 Å². The average molecular weight is 340 g/mol. The molecule has 1 aliphatic heterocycles. The minimum Gasteiger partial charge on any atom is -0.463 e. The normalized spacial score (nSPS) is 18.1. The van der Waals surface area contributed by atoms with Crippen LogP contribution in [0.2, 0.25) is 5.02 Å². The highest BCUT2D eigenvalue weighted by Gasteiger charge is 2.34. The van der Waals surface area contributed by atoms with Gasteiger partial charge in [-0.2, -0.15) is 0 Å². The third-order valence-electron chi connectivity index (χ3n) is 3.38.